The Bertz CT molecular complexity index is 845. The average molecular weight is 330 g/mol. The van der Waals surface area contributed by atoms with Crippen molar-refractivity contribution in [3.05, 3.63) is 47.2 Å². The minimum atomic E-state index is -0.503. The number of hydrogen-bond donors (Lipinski definition) is 1. The second-order valence-electron chi connectivity index (χ2n) is 4.25. The van der Waals surface area contributed by atoms with Crippen LogP contribution in [0, 0.1) is 0 Å². The van der Waals surface area contributed by atoms with Gasteiger partial charge < -0.3 is 4.74 Å². The van der Waals surface area contributed by atoms with Gasteiger partial charge in [0, 0.05) is 0 Å². The Hall–Kier alpha value is -3.14. The molecule has 10 heteroatoms. The molecule has 116 valence electrons. The fourth-order valence-corrected chi connectivity index (χ4v) is 2.56. The number of thiazole rings is 1. The molecule has 1 amide bonds. The highest BCUT2D eigenvalue weighted by Crippen LogP contribution is 2.21. The Balaban J connectivity index is 1.84. The van der Waals surface area contributed by atoms with Gasteiger partial charge in [-0.3, -0.25) is 10.1 Å². The van der Waals surface area contributed by atoms with Gasteiger partial charge in [-0.1, -0.05) is 23.5 Å². The Morgan fingerprint density at radius 2 is 2.13 bits per heavy atom. The summed E-state index contributed by atoms with van der Waals surface area (Å²) in [5.41, 5.74) is 0.898. The van der Waals surface area contributed by atoms with Crippen LogP contribution in [-0.4, -0.2) is 44.2 Å². The number of aromatic nitrogens is 5. The van der Waals surface area contributed by atoms with E-state index >= 15 is 0 Å². The number of nitrogens with one attached hydrogen (secondary N) is 1. The van der Waals surface area contributed by atoms with Crippen LogP contribution in [0.5, 0.6) is 0 Å². The molecule has 3 aromatic rings. The monoisotopic (exact) mass is 330 g/mol. The number of tetrazole rings is 1. The standard InChI is InChI=1S/C13H10N6O3S/c1-22-12(21)10-6-14-13(23-10)16-11(20)8-4-2-3-5-9(8)19-7-15-17-18-19/h2-7H,1H3,(H,14,16,20). The smallest absolute Gasteiger partial charge is 0.349 e. The van der Waals surface area contributed by atoms with Gasteiger partial charge in [-0.15, -0.1) is 5.10 Å². The molecular weight excluding hydrogens is 320 g/mol. The number of rotatable bonds is 4. The number of benzene rings is 1. The Morgan fingerprint density at radius 1 is 1.30 bits per heavy atom. The fourth-order valence-electron chi connectivity index (χ4n) is 1.83. The molecule has 0 spiro atoms. The van der Waals surface area contributed by atoms with E-state index in [1.165, 1.54) is 24.3 Å². The van der Waals surface area contributed by atoms with Crippen molar-refractivity contribution >= 4 is 28.3 Å². The van der Waals surface area contributed by atoms with Crippen molar-refractivity contribution in [1.29, 1.82) is 0 Å². The molecule has 1 N–H and O–H groups in total. The van der Waals surface area contributed by atoms with Crippen LogP contribution >= 0.6 is 11.3 Å². The van der Waals surface area contributed by atoms with Crippen molar-refractivity contribution in [3.63, 3.8) is 0 Å². The maximum Gasteiger partial charge on any atom is 0.349 e. The molecule has 0 aliphatic carbocycles. The molecule has 23 heavy (non-hydrogen) atoms. The van der Waals surface area contributed by atoms with Crippen molar-refractivity contribution in [3.8, 4) is 5.69 Å². The highest BCUT2D eigenvalue weighted by Gasteiger charge is 2.16. The second kappa shape index (κ2) is 6.32. The first-order valence-corrected chi connectivity index (χ1v) is 7.18. The molecule has 0 fully saturated rings. The van der Waals surface area contributed by atoms with Crippen molar-refractivity contribution in [2.45, 2.75) is 0 Å². The summed E-state index contributed by atoms with van der Waals surface area (Å²) >= 11 is 1.03. The molecule has 0 saturated heterocycles. The maximum absolute atomic E-state index is 12.4. The number of amides is 1. The number of anilines is 1. The largest absolute Gasteiger partial charge is 0.465 e. The molecule has 0 atom stereocenters. The lowest BCUT2D eigenvalue weighted by Crippen LogP contribution is -2.15. The van der Waals surface area contributed by atoms with E-state index in [1.807, 2.05) is 0 Å². The Morgan fingerprint density at radius 3 is 2.87 bits per heavy atom. The minimum absolute atomic E-state index is 0.293. The van der Waals surface area contributed by atoms with E-state index in [0.717, 1.165) is 11.3 Å². The number of carbonyl (C=O) groups excluding carboxylic acids is 2. The van der Waals surface area contributed by atoms with Gasteiger partial charge in [0.2, 0.25) is 0 Å². The fraction of sp³-hybridized carbons (Fsp3) is 0.0769. The summed E-state index contributed by atoms with van der Waals surface area (Å²) < 4.78 is 5.99. The number of esters is 1. The van der Waals surface area contributed by atoms with E-state index in [9.17, 15) is 9.59 Å². The third-order valence-electron chi connectivity index (χ3n) is 2.86. The number of carbonyl (C=O) groups is 2. The Kier molecular flexibility index (Phi) is 4.06. The van der Waals surface area contributed by atoms with E-state index in [2.05, 4.69) is 30.6 Å². The summed E-state index contributed by atoms with van der Waals surface area (Å²) in [7, 11) is 1.28. The summed E-state index contributed by atoms with van der Waals surface area (Å²) in [5.74, 6) is -0.890. The molecule has 9 nitrogen and oxygen atoms in total. The van der Waals surface area contributed by atoms with Crippen LogP contribution in [0.1, 0.15) is 20.0 Å². The van der Waals surface area contributed by atoms with E-state index in [1.54, 1.807) is 24.3 Å². The predicted molar refractivity (Wildman–Crippen MR) is 80.6 cm³/mol. The van der Waals surface area contributed by atoms with Crippen LogP contribution in [-0.2, 0) is 4.74 Å². The summed E-state index contributed by atoms with van der Waals surface area (Å²) in [5, 5.41) is 13.8. The lowest BCUT2D eigenvalue weighted by Gasteiger charge is -2.07. The zero-order valence-corrected chi connectivity index (χ0v) is 12.6. The van der Waals surface area contributed by atoms with Crippen LogP contribution in [0.2, 0.25) is 0 Å². The SMILES string of the molecule is COC(=O)c1cnc(NC(=O)c2ccccc2-n2cnnn2)s1. The highest BCUT2D eigenvalue weighted by atomic mass is 32.1. The van der Waals surface area contributed by atoms with Gasteiger partial charge >= 0.3 is 5.97 Å². The molecule has 3 rings (SSSR count). The van der Waals surface area contributed by atoms with Crippen LogP contribution in [0.15, 0.2) is 36.8 Å². The minimum Gasteiger partial charge on any atom is -0.465 e. The summed E-state index contributed by atoms with van der Waals surface area (Å²) in [6.07, 6.45) is 2.74. The van der Waals surface area contributed by atoms with Crippen molar-refractivity contribution in [2.75, 3.05) is 12.4 Å². The van der Waals surface area contributed by atoms with Gasteiger partial charge in [0.15, 0.2) is 5.13 Å². The Labute approximate surface area is 133 Å². The molecule has 2 aromatic heterocycles. The molecule has 0 aliphatic heterocycles. The number of methoxy groups -OCH3 is 1. The zero-order valence-electron chi connectivity index (χ0n) is 11.8. The van der Waals surface area contributed by atoms with Crippen LogP contribution in [0.25, 0.3) is 5.69 Å². The van der Waals surface area contributed by atoms with Crippen LogP contribution in [0.3, 0.4) is 0 Å². The topological polar surface area (TPSA) is 112 Å². The first-order valence-electron chi connectivity index (χ1n) is 6.37. The lowest BCUT2D eigenvalue weighted by molar-refractivity contribution is 0.0606. The summed E-state index contributed by atoms with van der Waals surface area (Å²) in [6.45, 7) is 0. The van der Waals surface area contributed by atoms with Crippen LogP contribution in [0.4, 0.5) is 5.13 Å². The first-order chi connectivity index (χ1) is 11.2. The van der Waals surface area contributed by atoms with Gasteiger partial charge in [0.05, 0.1) is 24.6 Å². The zero-order chi connectivity index (χ0) is 16.2. The molecule has 0 saturated carbocycles. The lowest BCUT2D eigenvalue weighted by atomic mass is 10.1. The van der Waals surface area contributed by atoms with Gasteiger partial charge in [-0.2, -0.15) is 4.68 Å². The summed E-state index contributed by atoms with van der Waals surface area (Å²) in [6, 6.07) is 6.85. The average Bonchev–Trinajstić information content (AvgIpc) is 3.26. The van der Waals surface area contributed by atoms with Gasteiger partial charge in [-0.05, 0) is 22.6 Å². The van der Waals surface area contributed by atoms with Crippen LogP contribution < -0.4 is 5.32 Å². The normalized spacial score (nSPS) is 10.3. The molecule has 0 radical (unpaired) electrons. The van der Waals surface area contributed by atoms with Crippen molar-refractivity contribution < 1.29 is 14.3 Å². The maximum atomic E-state index is 12.4. The third-order valence-corrected chi connectivity index (χ3v) is 3.75. The van der Waals surface area contributed by atoms with Gasteiger partial charge in [0.25, 0.3) is 5.91 Å². The van der Waals surface area contributed by atoms with E-state index in [4.69, 9.17) is 0 Å². The second-order valence-corrected chi connectivity index (χ2v) is 5.28. The number of nitrogens with zero attached hydrogens (tertiary/aromatic N) is 5. The van der Waals surface area contributed by atoms with Crippen molar-refractivity contribution in [1.82, 2.24) is 25.2 Å². The number of hydrogen-bond acceptors (Lipinski definition) is 8. The predicted octanol–water partition coefficient (Wildman–Crippen LogP) is 1.16. The number of para-hydroxylation sites is 1. The quantitative estimate of drug-likeness (QED) is 0.714. The van der Waals surface area contributed by atoms with Gasteiger partial charge in [0.1, 0.15) is 11.2 Å². The molecular formula is C13H10N6O3S. The molecule has 1 aromatic carbocycles. The van der Waals surface area contributed by atoms with E-state index in [0.29, 0.717) is 21.3 Å². The number of ether oxygens (including phenoxy) is 1. The molecule has 0 aliphatic rings. The highest BCUT2D eigenvalue weighted by molar-refractivity contribution is 7.17. The summed E-state index contributed by atoms with van der Waals surface area (Å²) in [4.78, 5) is 28.1. The molecule has 2 heterocycles. The molecule has 0 bridgehead atoms. The third kappa shape index (κ3) is 3.06. The van der Waals surface area contributed by atoms with Gasteiger partial charge in [-0.25, -0.2) is 9.78 Å². The van der Waals surface area contributed by atoms with E-state index < -0.39 is 5.97 Å². The van der Waals surface area contributed by atoms with Crippen molar-refractivity contribution in [2.24, 2.45) is 0 Å². The first kappa shape index (κ1) is 14.8. The van der Waals surface area contributed by atoms with E-state index in [-0.39, 0.29) is 5.91 Å². The molecule has 0 unspecified atom stereocenters.